The minimum Gasteiger partial charge on any atom is -0.374 e. The number of aliphatic hydroxyl groups excluding tert-OH is 1. The molecule has 5 heterocycles. The number of H-pyrrole nitrogens is 2. The molecule has 190 valence electrons. The highest BCUT2D eigenvalue weighted by molar-refractivity contribution is 6.01. The van der Waals surface area contributed by atoms with Crippen molar-refractivity contribution in [1.82, 2.24) is 30.1 Å². The topological polar surface area (TPSA) is 115 Å². The fraction of sp³-hybridized carbons (Fsp3) is 0.172. The van der Waals surface area contributed by atoms with E-state index in [1.807, 2.05) is 24.3 Å². The molecule has 0 amide bonds. The van der Waals surface area contributed by atoms with Crippen LogP contribution in [0.15, 0.2) is 73.4 Å². The molecule has 4 N–H and O–H groups in total. The first-order valence-electron chi connectivity index (χ1n) is 12.4. The molecule has 0 saturated heterocycles. The van der Waals surface area contributed by atoms with Crippen molar-refractivity contribution < 1.29 is 9.50 Å². The third kappa shape index (κ3) is 4.48. The van der Waals surface area contributed by atoms with Gasteiger partial charge >= 0.3 is 0 Å². The van der Waals surface area contributed by atoms with Crippen LogP contribution in [0.1, 0.15) is 20.3 Å². The van der Waals surface area contributed by atoms with Gasteiger partial charge in [0.25, 0.3) is 0 Å². The van der Waals surface area contributed by atoms with Crippen molar-refractivity contribution in [3.05, 3.63) is 79.3 Å². The van der Waals surface area contributed by atoms with E-state index in [4.69, 9.17) is 0 Å². The number of anilines is 1. The van der Waals surface area contributed by atoms with Crippen LogP contribution in [0.25, 0.3) is 55.6 Å². The normalized spacial score (nSPS) is 12.4. The lowest BCUT2D eigenvalue weighted by Gasteiger charge is -2.16. The van der Waals surface area contributed by atoms with E-state index in [2.05, 4.69) is 49.3 Å². The SMILES string of the molecule is CC(C)CC(O)Nc1cncc(-c2cc3c(-c4cc5c(-c6ccccc6F)cncc5[nH]4)n[nH]c3cn2)c1. The monoisotopic (exact) mass is 507 g/mol. The maximum absolute atomic E-state index is 14.6. The average Bonchev–Trinajstić information content (AvgIpc) is 3.52. The van der Waals surface area contributed by atoms with E-state index in [0.29, 0.717) is 34.8 Å². The zero-order chi connectivity index (χ0) is 26.2. The van der Waals surface area contributed by atoms with Gasteiger partial charge in [0, 0.05) is 39.9 Å². The lowest BCUT2D eigenvalue weighted by molar-refractivity contribution is 0.176. The van der Waals surface area contributed by atoms with Gasteiger partial charge in [0.05, 0.1) is 46.7 Å². The molecule has 38 heavy (non-hydrogen) atoms. The number of aromatic nitrogens is 6. The van der Waals surface area contributed by atoms with Gasteiger partial charge < -0.3 is 15.4 Å². The molecule has 0 aliphatic rings. The highest BCUT2D eigenvalue weighted by atomic mass is 19.1. The van der Waals surface area contributed by atoms with Gasteiger partial charge in [0.2, 0.25) is 0 Å². The molecule has 9 heteroatoms. The van der Waals surface area contributed by atoms with Crippen LogP contribution in [0, 0.1) is 11.7 Å². The highest BCUT2D eigenvalue weighted by Gasteiger charge is 2.16. The summed E-state index contributed by atoms with van der Waals surface area (Å²) < 4.78 is 14.6. The van der Waals surface area contributed by atoms with E-state index in [1.54, 1.807) is 43.1 Å². The standard InChI is InChI=1S/C29H26FN7O/c1-16(2)7-28(38)34-18-8-17(11-31-12-18)24-10-21-27(15-33-24)36-37-29(21)25-9-20-22(13-32-14-26(20)35-25)19-5-3-4-6-23(19)30/h3-6,8-16,28,34-35,38H,7H2,1-2H3,(H,36,37). The second-order valence-corrected chi connectivity index (χ2v) is 9.75. The summed E-state index contributed by atoms with van der Waals surface area (Å²) in [6, 6.07) is 12.5. The van der Waals surface area contributed by atoms with Crippen LogP contribution in [0.4, 0.5) is 10.1 Å². The predicted molar refractivity (Wildman–Crippen MR) is 147 cm³/mol. The zero-order valence-electron chi connectivity index (χ0n) is 20.9. The summed E-state index contributed by atoms with van der Waals surface area (Å²) in [5.74, 6) is 0.0629. The van der Waals surface area contributed by atoms with Crippen molar-refractivity contribution in [3.8, 4) is 33.8 Å². The first-order valence-corrected chi connectivity index (χ1v) is 12.4. The molecule has 0 spiro atoms. The maximum Gasteiger partial charge on any atom is 0.131 e. The van der Waals surface area contributed by atoms with Crippen LogP contribution >= 0.6 is 0 Å². The lowest BCUT2D eigenvalue weighted by atomic mass is 10.0. The van der Waals surface area contributed by atoms with Gasteiger partial charge in [-0.1, -0.05) is 32.0 Å². The van der Waals surface area contributed by atoms with Gasteiger partial charge in [-0.2, -0.15) is 5.10 Å². The lowest BCUT2D eigenvalue weighted by Crippen LogP contribution is -2.20. The van der Waals surface area contributed by atoms with Crippen LogP contribution in [-0.2, 0) is 0 Å². The number of nitrogens with zero attached hydrogens (tertiary/aromatic N) is 4. The van der Waals surface area contributed by atoms with Crippen LogP contribution < -0.4 is 5.32 Å². The Bertz CT molecular complexity index is 1760. The molecule has 5 aromatic heterocycles. The molecule has 8 nitrogen and oxygen atoms in total. The molecular weight excluding hydrogens is 481 g/mol. The van der Waals surface area contributed by atoms with Gasteiger partial charge in [0.15, 0.2) is 0 Å². The second-order valence-electron chi connectivity index (χ2n) is 9.75. The fourth-order valence-electron chi connectivity index (χ4n) is 4.71. The fourth-order valence-corrected chi connectivity index (χ4v) is 4.71. The summed E-state index contributed by atoms with van der Waals surface area (Å²) >= 11 is 0. The number of hydrogen-bond acceptors (Lipinski definition) is 6. The number of rotatable bonds is 7. The third-order valence-electron chi connectivity index (χ3n) is 6.47. The number of halogens is 1. The number of benzene rings is 1. The molecule has 6 aromatic rings. The van der Waals surface area contributed by atoms with E-state index in [0.717, 1.165) is 38.8 Å². The van der Waals surface area contributed by atoms with E-state index in [1.165, 1.54) is 6.07 Å². The summed E-state index contributed by atoms with van der Waals surface area (Å²) in [5.41, 5.74) is 6.51. The molecule has 0 radical (unpaired) electrons. The Morgan fingerprint density at radius 1 is 0.921 bits per heavy atom. The molecule has 1 atom stereocenters. The Balaban J connectivity index is 1.38. The van der Waals surface area contributed by atoms with Crippen LogP contribution in [0.3, 0.4) is 0 Å². The van der Waals surface area contributed by atoms with E-state index < -0.39 is 6.23 Å². The van der Waals surface area contributed by atoms with Gasteiger partial charge in [-0.3, -0.25) is 20.1 Å². The van der Waals surface area contributed by atoms with Crippen molar-refractivity contribution in [2.45, 2.75) is 26.5 Å². The number of nitrogens with one attached hydrogen (secondary N) is 3. The summed E-state index contributed by atoms with van der Waals surface area (Å²) in [7, 11) is 0. The molecule has 0 fully saturated rings. The number of aromatic amines is 2. The Kier molecular flexibility index (Phi) is 6.05. The second kappa shape index (κ2) is 9.68. The van der Waals surface area contributed by atoms with E-state index in [-0.39, 0.29) is 5.82 Å². The first kappa shape index (κ1) is 23.7. The maximum atomic E-state index is 14.6. The number of pyridine rings is 3. The minimum atomic E-state index is -0.659. The van der Waals surface area contributed by atoms with Gasteiger partial charge in [0.1, 0.15) is 17.7 Å². The van der Waals surface area contributed by atoms with E-state index >= 15 is 0 Å². The molecule has 1 aromatic carbocycles. The highest BCUT2D eigenvalue weighted by Crippen LogP contribution is 2.35. The summed E-state index contributed by atoms with van der Waals surface area (Å²) in [6.07, 6.45) is 8.53. The van der Waals surface area contributed by atoms with Crippen LogP contribution in [-0.4, -0.2) is 41.5 Å². The molecular formula is C29H26FN7O. The number of aliphatic hydroxyl groups is 1. The summed E-state index contributed by atoms with van der Waals surface area (Å²) in [5, 5.41) is 22.7. The molecule has 0 aliphatic carbocycles. The Labute approximate surface area is 218 Å². The zero-order valence-corrected chi connectivity index (χ0v) is 20.9. The Morgan fingerprint density at radius 3 is 2.61 bits per heavy atom. The van der Waals surface area contributed by atoms with Gasteiger partial charge in [-0.15, -0.1) is 0 Å². The van der Waals surface area contributed by atoms with Crippen molar-refractivity contribution in [1.29, 1.82) is 0 Å². The smallest absolute Gasteiger partial charge is 0.131 e. The minimum absolute atomic E-state index is 0.299. The number of fused-ring (bicyclic) bond motifs is 2. The number of hydrogen-bond donors (Lipinski definition) is 4. The summed E-state index contributed by atoms with van der Waals surface area (Å²) in [6.45, 7) is 4.12. The molecule has 0 bridgehead atoms. The third-order valence-corrected chi connectivity index (χ3v) is 6.47. The largest absolute Gasteiger partial charge is 0.374 e. The first-order chi connectivity index (χ1) is 18.5. The van der Waals surface area contributed by atoms with Crippen LogP contribution in [0.2, 0.25) is 0 Å². The molecule has 6 rings (SSSR count). The van der Waals surface area contributed by atoms with Gasteiger partial charge in [-0.25, -0.2) is 4.39 Å². The molecule has 0 saturated carbocycles. The summed E-state index contributed by atoms with van der Waals surface area (Å²) in [4.78, 5) is 16.6. The van der Waals surface area contributed by atoms with Crippen molar-refractivity contribution in [3.63, 3.8) is 0 Å². The quantitative estimate of drug-likeness (QED) is 0.193. The van der Waals surface area contributed by atoms with Crippen LogP contribution in [0.5, 0.6) is 0 Å². The average molecular weight is 508 g/mol. The van der Waals surface area contributed by atoms with E-state index in [9.17, 15) is 9.50 Å². The molecule has 0 aliphatic heterocycles. The van der Waals surface area contributed by atoms with Crippen molar-refractivity contribution >= 4 is 27.5 Å². The molecule has 1 unspecified atom stereocenters. The Morgan fingerprint density at radius 2 is 1.76 bits per heavy atom. The van der Waals surface area contributed by atoms with Crippen molar-refractivity contribution in [2.75, 3.05) is 5.32 Å². The Hall–Kier alpha value is -4.63. The van der Waals surface area contributed by atoms with Gasteiger partial charge in [-0.05, 0) is 36.6 Å². The predicted octanol–water partition coefficient (Wildman–Crippen LogP) is 6.15. The van der Waals surface area contributed by atoms with Crippen molar-refractivity contribution in [2.24, 2.45) is 5.92 Å².